The smallest absolute Gasteiger partial charge is 0.442 e. The molecule has 0 aliphatic rings. The maximum Gasteiger partial charge on any atom is 0.442 e. The van der Waals surface area contributed by atoms with Gasteiger partial charge >= 0.3 is 6.09 Å². The van der Waals surface area contributed by atoms with Crippen molar-refractivity contribution in [2.75, 3.05) is 24.9 Å². The number of carbonyl (C=O) groups excluding carboxylic acids is 1. The Balaban J connectivity index is 2.82. The van der Waals surface area contributed by atoms with Crippen molar-refractivity contribution in [3.63, 3.8) is 0 Å². The third kappa shape index (κ3) is 11.0. The summed E-state index contributed by atoms with van der Waals surface area (Å²) in [6.07, 6.45) is 0.641. The molecule has 0 saturated heterocycles. The average Bonchev–Trinajstić information content (AvgIpc) is 2.55. The Kier molecular flexibility index (Phi) is 9.84. The molecule has 0 spiro atoms. The van der Waals surface area contributed by atoms with Crippen molar-refractivity contribution < 1.29 is 33.5 Å². The van der Waals surface area contributed by atoms with Gasteiger partial charge in [0.05, 0.1) is 27.8 Å². The average molecular weight is 433 g/mol. The van der Waals surface area contributed by atoms with Gasteiger partial charge in [-0.1, -0.05) is 0 Å². The van der Waals surface area contributed by atoms with Crippen molar-refractivity contribution in [1.29, 1.82) is 0 Å². The van der Waals surface area contributed by atoms with E-state index in [0.29, 0.717) is 43.1 Å². The molecule has 0 aromatic heterocycles. The minimum Gasteiger partial charge on any atom is -0.494 e. The number of nitrogens with one attached hydrogen (secondary N) is 1. The Labute approximate surface area is 172 Å². The Morgan fingerprint density at radius 1 is 1.31 bits per heavy atom. The number of benzene rings is 1. The second-order valence-corrected chi connectivity index (χ2v) is 9.94. The number of rotatable bonds is 10. The van der Waals surface area contributed by atoms with Gasteiger partial charge in [0, 0.05) is 25.3 Å². The summed E-state index contributed by atoms with van der Waals surface area (Å²) in [4.78, 5) is 11.9. The number of amides is 1. The Morgan fingerprint density at radius 2 is 2.00 bits per heavy atom. The zero-order valence-corrected chi connectivity index (χ0v) is 18.5. The van der Waals surface area contributed by atoms with Crippen molar-refractivity contribution in [3.05, 3.63) is 23.8 Å². The number of ether oxygens (including phenoxy) is 3. The molecular formula is C19H32N2O7S. The van der Waals surface area contributed by atoms with Gasteiger partial charge in [0.25, 0.3) is 0 Å². The Bertz CT molecular complexity index is 783. The molecule has 10 heteroatoms. The highest BCUT2D eigenvalue weighted by Crippen LogP contribution is 2.23. The molecule has 0 radical (unpaired) electrons. The lowest BCUT2D eigenvalue weighted by Crippen LogP contribution is -2.22. The van der Waals surface area contributed by atoms with Gasteiger partial charge in [-0.2, -0.15) is 0 Å². The molecule has 1 amide bonds. The maximum absolute atomic E-state index is 12.7. The van der Waals surface area contributed by atoms with Crippen LogP contribution in [0.25, 0.3) is 0 Å². The molecule has 3 N–H and O–H groups in total. The number of aliphatic hydroxyl groups is 1. The lowest BCUT2D eigenvalue weighted by molar-refractivity contribution is -0.100. The van der Waals surface area contributed by atoms with Crippen LogP contribution in [0.1, 0.15) is 46.1 Å². The van der Waals surface area contributed by atoms with Crippen molar-refractivity contribution in [2.45, 2.75) is 58.2 Å². The summed E-state index contributed by atoms with van der Waals surface area (Å²) in [5.41, 5.74) is 2.22. The highest BCUT2D eigenvalue weighted by molar-refractivity contribution is 7.92. The maximum atomic E-state index is 12.7. The zero-order chi connectivity index (χ0) is 22.1. The number of aliphatic hydroxyl groups excluding tert-OH is 1. The van der Waals surface area contributed by atoms with Gasteiger partial charge in [0.15, 0.2) is 6.29 Å². The predicted molar refractivity (Wildman–Crippen MR) is 111 cm³/mol. The van der Waals surface area contributed by atoms with Crippen molar-refractivity contribution in [1.82, 2.24) is 0 Å². The standard InChI is InChI=1S/C19H32N2O7S/c1-6-26-17(22)8-7-9-27-16-11-14(10-15(12-16)20-24)13-29(5,25)21-18(23)28-19(2,3)4/h10-12,17,20,22,24H,6-9,13H2,1-5H3. The number of hydrogen-bond acceptors (Lipinski definition) is 8. The van der Waals surface area contributed by atoms with Crippen LogP contribution < -0.4 is 10.2 Å². The number of carbonyl (C=O) groups is 1. The molecule has 0 bridgehead atoms. The second-order valence-electron chi connectivity index (χ2n) is 7.55. The molecule has 0 heterocycles. The van der Waals surface area contributed by atoms with Crippen LogP contribution in [0.3, 0.4) is 0 Å². The van der Waals surface area contributed by atoms with Gasteiger partial charge in [-0.15, -0.1) is 4.36 Å². The van der Waals surface area contributed by atoms with Gasteiger partial charge in [-0.3, -0.25) is 10.7 Å². The van der Waals surface area contributed by atoms with Crippen LogP contribution in [-0.4, -0.2) is 52.0 Å². The Morgan fingerprint density at radius 3 is 2.59 bits per heavy atom. The van der Waals surface area contributed by atoms with Gasteiger partial charge < -0.3 is 19.3 Å². The topological polar surface area (TPSA) is 127 Å². The van der Waals surface area contributed by atoms with Crippen LogP contribution in [0.4, 0.5) is 10.5 Å². The number of nitrogens with zero attached hydrogens (tertiary/aromatic N) is 1. The molecule has 2 atom stereocenters. The highest BCUT2D eigenvalue weighted by atomic mass is 32.2. The van der Waals surface area contributed by atoms with E-state index in [-0.39, 0.29) is 5.75 Å². The van der Waals surface area contributed by atoms with Crippen LogP contribution in [0.2, 0.25) is 0 Å². The second kappa shape index (κ2) is 11.3. The van der Waals surface area contributed by atoms with Crippen LogP contribution in [-0.2, 0) is 25.0 Å². The summed E-state index contributed by atoms with van der Waals surface area (Å²) < 4.78 is 32.2. The van der Waals surface area contributed by atoms with E-state index >= 15 is 0 Å². The van der Waals surface area contributed by atoms with Crippen LogP contribution in [0.15, 0.2) is 22.6 Å². The predicted octanol–water partition coefficient (Wildman–Crippen LogP) is 3.53. The van der Waals surface area contributed by atoms with Crippen LogP contribution >= 0.6 is 0 Å². The van der Waals surface area contributed by atoms with E-state index in [1.54, 1.807) is 45.9 Å². The molecule has 2 unspecified atom stereocenters. The summed E-state index contributed by atoms with van der Waals surface area (Å²) in [5, 5.41) is 18.8. The first-order valence-electron chi connectivity index (χ1n) is 9.33. The Hall–Kier alpha value is -1.88. The van der Waals surface area contributed by atoms with Crippen molar-refractivity contribution in [3.8, 4) is 5.75 Å². The van der Waals surface area contributed by atoms with E-state index in [4.69, 9.17) is 14.2 Å². The van der Waals surface area contributed by atoms with E-state index in [0.717, 1.165) is 0 Å². The van der Waals surface area contributed by atoms with Gasteiger partial charge in [-0.05, 0) is 51.8 Å². The molecular weight excluding hydrogens is 400 g/mol. The first-order valence-corrected chi connectivity index (χ1v) is 11.4. The fraction of sp³-hybridized carbons (Fsp3) is 0.632. The fourth-order valence-corrected chi connectivity index (χ4v) is 3.60. The molecule has 0 aliphatic carbocycles. The number of anilines is 1. The van der Waals surface area contributed by atoms with Crippen LogP contribution in [0, 0.1) is 0 Å². The van der Waals surface area contributed by atoms with Gasteiger partial charge in [0.1, 0.15) is 11.4 Å². The SMILES string of the molecule is CCOC(O)CCCOc1cc(CS(C)(=O)=NC(=O)OC(C)(C)C)cc(NO)c1. The molecule has 0 fully saturated rings. The van der Waals surface area contributed by atoms with E-state index in [9.17, 15) is 19.3 Å². The molecule has 0 aliphatic heterocycles. The minimum absolute atomic E-state index is 0.0266. The molecule has 1 aromatic rings. The van der Waals surface area contributed by atoms with Crippen molar-refractivity contribution >= 4 is 21.5 Å². The molecule has 1 aromatic carbocycles. The summed E-state index contributed by atoms with van der Waals surface area (Å²) in [6, 6.07) is 4.82. The highest BCUT2D eigenvalue weighted by Gasteiger charge is 2.18. The van der Waals surface area contributed by atoms with Crippen molar-refractivity contribution in [2.24, 2.45) is 4.36 Å². The number of hydrogen-bond donors (Lipinski definition) is 3. The van der Waals surface area contributed by atoms with E-state index in [1.807, 2.05) is 5.48 Å². The minimum atomic E-state index is -2.90. The normalized spacial score (nSPS) is 14.6. The fourth-order valence-electron chi connectivity index (χ4n) is 2.40. The summed E-state index contributed by atoms with van der Waals surface area (Å²) in [7, 11) is -2.90. The lowest BCUT2D eigenvalue weighted by atomic mass is 10.2. The summed E-state index contributed by atoms with van der Waals surface area (Å²) in [5.74, 6) is 0.415. The third-order valence-corrected chi connectivity index (χ3v) is 4.82. The molecule has 0 saturated carbocycles. The summed E-state index contributed by atoms with van der Waals surface area (Å²) >= 11 is 0. The monoisotopic (exact) mass is 432 g/mol. The zero-order valence-electron chi connectivity index (χ0n) is 17.6. The largest absolute Gasteiger partial charge is 0.494 e. The quantitative estimate of drug-likeness (QED) is 0.291. The van der Waals surface area contributed by atoms with E-state index < -0.39 is 27.7 Å². The molecule has 166 valence electrons. The van der Waals surface area contributed by atoms with E-state index in [2.05, 4.69) is 4.36 Å². The van der Waals surface area contributed by atoms with E-state index in [1.165, 1.54) is 6.26 Å². The van der Waals surface area contributed by atoms with Gasteiger partial charge in [0.2, 0.25) is 0 Å². The lowest BCUT2D eigenvalue weighted by Gasteiger charge is -2.17. The van der Waals surface area contributed by atoms with Gasteiger partial charge in [-0.25, -0.2) is 9.00 Å². The summed E-state index contributed by atoms with van der Waals surface area (Å²) in [6.45, 7) is 7.65. The molecule has 9 nitrogen and oxygen atoms in total. The molecule has 1 rings (SSSR count). The third-order valence-electron chi connectivity index (χ3n) is 3.41. The first kappa shape index (κ1) is 25.2. The first-order chi connectivity index (χ1) is 13.4. The molecule has 29 heavy (non-hydrogen) atoms. The van der Waals surface area contributed by atoms with Crippen LogP contribution in [0.5, 0.6) is 5.75 Å².